The van der Waals surface area contributed by atoms with Gasteiger partial charge in [0.15, 0.2) is 0 Å². The zero-order valence-electron chi connectivity index (χ0n) is 10.9. The maximum Gasteiger partial charge on any atom is 0.258 e. The molecule has 9 nitrogen and oxygen atoms in total. The predicted octanol–water partition coefficient (Wildman–Crippen LogP) is -0.249. The zero-order valence-corrected chi connectivity index (χ0v) is 10.9. The fourth-order valence-corrected chi connectivity index (χ4v) is 2.46. The maximum absolute atomic E-state index is 9.61. The minimum atomic E-state index is -0.368. The molecule has 0 aromatic carbocycles. The second-order valence-electron chi connectivity index (χ2n) is 4.93. The van der Waals surface area contributed by atoms with Gasteiger partial charge in [-0.2, -0.15) is 24.7 Å². The van der Waals surface area contributed by atoms with Crippen LogP contribution in [0.15, 0.2) is 12.7 Å². The van der Waals surface area contributed by atoms with Crippen molar-refractivity contribution in [1.82, 2.24) is 29.7 Å². The molecule has 4 N–H and O–H groups in total. The lowest BCUT2D eigenvalue weighted by atomic mass is 9.99. The molecule has 3 rings (SSSR count). The van der Waals surface area contributed by atoms with E-state index in [4.69, 9.17) is 5.73 Å². The minimum Gasteiger partial charge on any atom is -0.394 e. The van der Waals surface area contributed by atoms with Gasteiger partial charge in [-0.3, -0.25) is 0 Å². The van der Waals surface area contributed by atoms with E-state index >= 15 is 0 Å². The summed E-state index contributed by atoms with van der Waals surface area (Å²) in [6.45, 7) is 0.0389. The molecule has 1 aliphatic carbocycles. The van der Waals surface area contributed by atoms with Gasteiger partial charge in [-0.05, 0) is 12.8 Å². The summed E-state index contributed by atoms with van der Waals surface area (Å²) >= 11 is 0. The summed E-state index contributed by atoms with van der Waals surface area (Å²) in [5.41, 5.74) is 5.33. The summed E-state index contributed by atoms with van der Waals surface area (Å²) < 4.78 is 1.41. The Morgan fingerprint density at radius 2 is 2.10 bits per heavy atom. The molecule has 106 valence electrons. The first-order valence-electron chi connectivity index (χ1n) is 6.46. The van der Waals surface area contributed by atoms with Crippen LogP contribution in [0.3, 0.4) is 0 Å². The Balaban J connectivity index is 1.90. The van der Waals surface area contributed by atoms with Gasteiger partial charge in [0, 0.05) is 0 Å². The van der Waals surface area contributed by atoms with Crippen LogP contribution in [0.2, 0.25) is 0 Å². The van der Waals surface area contributed by atoms with Crippen molar-refractivity contribution in [2.45, 2.75) is 31.2 Å². The number of hydrogen-bond donors (Lipinski definition) is 3. The molecule has 1 saturated carbocycles. The standard InChI is InChI=1S/C11H16N8O/c12-8-15-9(18-11(5-20)3-1-2-4-11)17-10(16-8)19-7-13-6-14-19/h6-7,20H,1-5H2,(H3,12,15,16,17,18). The van der Waals surface area contributed by atoms with Crippen molar-refractivity contribution in [2.75, 3.05) is 17.7 Å². The Labute approximate surface area is 115 Å². The number of nitrogen functional groups attached to an aromatic ring is 1. The monoisotopic (exact) mass is 276 g/mol. The average molecular weight is 276 g/mol. The van der Waals surface area contributed by atoms with Gasteiger partial charge in [0.2, 0.25) is 11.9 Å². The van der Waals surface area contributed by atoms with E-state index in [9.17, 15) is 5.11 Å². The van der Waals surface area contributed by atoms with Gasteiger partial charge >= 0.3 is 0 Å². The van der Waals surface area contributed by atoms with Crippen LogP contribution in [-0.2, 0) is 0 Å². The number of anilines is 2. The van der Waals surface area contributed by atoms with Crippen LogP contribution in [0.25, 0.3) is 5.95 Å². The van der Waals surface area contributed by atoms with E-state index in [2.05, 4.69) is 30.4 Å². The molecule has 0 aliphatic heterocycles. The number of rotatable bonds is 4. The zero-order chi connectivity index (χ0) is 14.0. The van der Waals surface area contributed by atoms with Crippen LogP contribution in [-0.4, -0.2) is 47.0 Å². The average Bonchev–Trinajstić information content (AvgIpc) is 3.09. The summed E-state index contributed by atoms with van der Waals surface area (Å²) in [5.74, 6) is 0.738. The SMILES string of the molecule is Nc1nc(NC2(CO)CCCC2)nc(-n2cncn2)n1. The van der Waals surface area contributed by atoms with Crippen molar-refractivity contribution < 1.29 is 5.11 Å². The molecule has 0 atom stereocenters. The third kappa shape index (κ3) is 2.39. The van der Waals surface area contributed by atoms with Crippen molar-refractivity contribution in [1.29, 1.82) is 0 Å². The van der Waals surface area contributed by atoms with E-state index in [1.54, 1.807) is 0 Å². The molecule has 0 unspecified atom stereocenters. The van der Waals surface area contributed by atoms with Crippen molar-refractivity contribution in [2.24, 2.45) is 0 Å². The van der Waals surface area contributed by atoms with Crippen molar-refractivity contribution in [3.63, 3.8) is 0 Å². The smallest absolute Gasteiger partial charge is 0.258 e. The quantitative estimate of drug-likeness (QED) is 0.697. The van der Waals surface area contributed by atoms with E-state index in [0.29, 0.717) is 11.9 Å². The first-order chi connectivity index (χ1) is 9.71. The van der Waals surface area contributed by atoms with Crippen molar-refractivity contribution in [3.05, 3.63) is 12.7 Å². The number of aliphatic hydroxyl groups excluding tert-OH is 1. The number of aliphatic hydroxyl groups is 1. The highest BCUT2D eigenvalue weighted by Gasteiger charge is 2.34. The summed E-state index contributed by atoms with van der Waals surface area (Å²) in [6.07, 6.45) is 6.78. The van der Waals surface area contributed by atoms with Crippen LogP contribution in [0.5, 0.6) is 0 Å². The molecule has 2 aromatic heterocycles. The Kier molecular flexibility index (Phi) is 3.18. The fraction of sp³-hybridized carbons (Fsp3) is 0.545. The molecule has 9 heteroatoms. The second kappa shape index (κ2) is 5.00. The Morgan fingerprint density at radius 3 is 2.75 bits per heavy atom. The van der Waals surface area contributed by atoms with Gasteiger partial charge in [-0.1, -0.05) is 12.8 Å². The summed E-state index contributed by atoms with van der Waals surface area (Å²) in [4.78, 5) is 16.2. The molecule has 1 fully saturated rings. The third-order valence-corrected chi connectivity index (χ3v) is 3.50. The normalized spacial score (nSPS) is 17.2. The molecule has 20 heavy (non-hydrogen) atoms. The van der Waals surface area contributed by atoms with Gasteiger partial charge in [0.25, 0.3) is 5.95 Å². The highest BCUT2D eigenvalue weighted by atomic mass is 16.3. The number of nitrogens with one attached hydrogen (secondary N) is 1. The third-order valence-electron chi connectivity index (χ3n) is 3.50. The van der Waals surface area contributed by atoms with Gasteiger partial charge in [0.05, 0.1) is 12.1 Å². The van der Waals surface area contributed by atoms with Gasteiger partial charge < -0.3 is 16.2 Å². The first kappa shape index (κ1) is 12.7. The highest BCUT2D eigenvalue weighted by molar-refractivity contribution is 5.37. The van der Waals surface area contributed by atoms with Crippen LogP contribution in [0.1, 0.15) is 25.7 Å². The number of nitrogens with two attached hydrogens (primary N) is 1. The van der Waals surface area contributed by atoms with E-state index in [1.165, 1.54) is 17.3 Å². The summed E-state index contributed by atoms with van der Waals surface area (Å²) in [7, 11) is 0. The van der Waals surface area contributed by atoms with Crippen LogP contribution >= 0.6 is 0 Å². The molecule has 1 aliphatic rings. The van der Waals surface area contributed by atoms with Gasteiger partial charge in [-0.25, -0.2) is 4.98 Å². The Morgan fingerprint density at radius 1 is 1.30 bits per heavy atom. The molecule has 2 heterocycles. The molecule has 2 aromatic rings. The van der Waals surface area contributed by atoms with E-state index in [0.717, 1.165) is 25.7 Å². The summed E-state index contributed by atoms with van der Waals surface area (Å²) in [6, 6.07) is 0. The molecule has 0 bridgehead atoms. The maximum atomic E-state index is 9.61. The largest absolute Gasteiger partial charge is 0.394 e. The van der Waals surface area contributed by atoms with E-state index < -0.39 is 0 Å². The number of nitrogens with zero attached hydrogens (tertiary/aromatic N) is 6. The highest BCUT2D eigenvalue weighted by Crippen LogP contribution is 2.31. The molecular formula is C11H16N8O. The summed E-state index contributed by atoms with van der Waals surface area (Å²) in [5, 5.41) is 16.8. The van der Waals surface area contributed by atoms with E-state index in [1.807, 2.05) is 0 Å². The van der Waals surface area contributed by atoms with Crippen LogP contribution in [0, 0.1) is 0 Å². The predicted molar refractivity (Wildman–Crippen MR) is 71.1 cm³/mol. The fourth-order valence-electron chi connectivity index (χ4n) is 2.46. The Hall–Kier alpha value is -2.29. The van der Waals surface area contributed by atoms with Gasteiger partial charge in [0.1, 0.15) is 12.7 Å². The molecular weight excluding hydrogens is 260 g/mol. The van der Waals surface area contributed by atoms with Crippen molar-refractivity contribution in [3.8, 4) is 5.95 Å². The molecule has 0 amide bonds. The minimum absolute atomic E-state index is 0.0389. The first-order valence-corrected chi connectivity index (χ1v) is 6.46. The number of hydrogen-bond acceptors (Lipinski definition) is 8. The van der Waals surface area contributed by atoms with Crippen molar-refractivity contribution >= 4 is 11.9 Å². The van der Waals surface area contributed by atoms with Crippen LogP contribution < -0.4 is 11.1 Å². The number of aromatic nitrogens is 6. The molecule has 0 saturated heterocycles. The lowest BCUT2D eigenvalue weighted by Gasteiger charge is -2.27. The Bertz CT molecular complexity index is 578. The topological polar surface area (TPSA) is 128 Å². The van der Waals surface area contributed by atoms with E-state index in [-0.39, 0.29) is 18.1 Å². The molecule has 0 spiro atoms. The lowest BCUT2D eigenvalue weighted by molar-refractivity contribution is 0.213. The van der Waals surface area contributed by atoms with Crippen LogP contribution in [0.4, 0.5) is 11.9 Å². The molecule has 0 radical (unpaired) electrons. The lowest BCUT2D eigenvalue weighted by Crippen LogP contribution is -2.39. The second-order valence-corrected chi connectivity index (χ2v) is 4.93. The van der Waals surface area contributed by atoms with Gasteiger partial charge in [-0.15, -0.1) is 0 Å².